The molecule has 0 saturated carbocycles. The second kappa shape index (κ2) is 5.35. The van der Waals surface area contributed by atoms with Crippen LogP contribution < -0.4 is 0 Å². The molecule has 1 unspecified atom stereocenters. The third kappa shape index (κ3) is 2.32. The SMILES string of the molecule is Cc1ncsc1Cn1c(C(C)Cl)nc2c(Cl)cccc21. The molecule has 20 heavy (non-hydrogen) atoms. The number of nitrogens with zero attached hydrogens (tertiary/aromatic N) is 3. The number of halogens is 2. The van der Waals surface area contributed by atoms with Gasteiger partial charge in [0.2, 0.25) is 0 Å². The van der Waals surface area contributed by atoms with Crippen LogP contribution in [0.25, 0.3) is 11.0 Å². The average molecular weight is 326 g/mol. The molecule has 0 bridgehead atoms. The van der Waals surface area contributed by atoms with Crippen molar-refractivity contribution in [1.29, 1.82) is 0 Å². The summed E-state index contributed by atoms with van der Waals surface area (Å²) in [4.78, 5) is 10.1. The third-order valence-electron chi connectivity index (χ3n) is 3.26. The monoisotopic (exact) mass is 325 g/mol. The first-order valence-electron chi connectivity index (χ1n) is 6.25. The zero-order valence-electron chi connectivity index (χ0n) is 11.1. The number of aromatic nitrogens is 3. The fourth-order valence-electron chi connectivity index (χ4n) is 2.22. The highest BCUT2D eigenvalue weighted by atomic mass is 35.5. The van der Waals surface area contributed by atoms with Crippen molar-refractivity contribution in [2.75, 3.05) is 0 Å². The molecule has 0 radical (unpaired) electrons. The van der Waals surface area contributed by atoms with Crippen LogP contribution in [0, 0.1) is 6.92 Å². The Kier molecular flexibility index (Phi) is 3.71. The summed E-state index contributed by atoms with van der Waals surface area (Å²) in [5.41, 5.74) is 4.72. The van der Waals surface area contributed by atoms with Crippen LogP contribution in [0.3, 0.4) is 0 Å². The Labute approximate surface area is 131 Å². The Morgan fingerprint density at radius 2 is 2.20 bits per heavy atom. The highest BCUT2D eigenvalue weighted by Crippen LogP contribution is 2.30. The van der Waals surface area contributed by atoms with E-state index in [1.165, 1.54) is 4.88 Å². The first-order chi connectivity index (χ1) is 9.58. The van der Waals surface area contributed by atoms with Gasteiger partial charge in [0.1, 0.15) is 11.3 Å². The van der Waals surface area contributed by atoms with Gasteiger partial charge in [-0.15, -0.1) is 22.9 Å². The standard InChI is InChI=1S/C14H13Cl2N3S/c1-8(15)14-18-13-10(16)4-3-5-11(13)19(14)6-12-9(2)17-7-20-12/h3-5,7-8H,6H2,1-2H3. The summed E-state index contributed by atoms with van der Waals surface area (Å²) in [6.45, 7) is 4.66. The Bertz CT molecular complexity index is 761. The Balaban J connectivity index is 2.19. The number of thiazole rings is 1. The molecular weight excluding hydrogens is 313 g/mol. The van der Waals surface area contributed by atoms with E-state index in [1.54, 1.807) is 11.3 Å². The van der Waals surface area contributed by atoms with Gasteiger partial charge in [-0.25, -0.2) is 9.97 Å². The molecule has 0 aliphatic heterocycles. The predicted molar refractivity (Wildman–Crippen MR) is 85.0 cm³/mol. The Hall–Kier alpha value is -1.10. The maximum atomic E-state index is 6.27. The van der Waals surface area contributed by atoms with Crippen molar-refractivity contribution in [2.24, 2.45) is 0 Å². The van der Waals surface area contributed by atoms with Gasteiger partial charge in [-0.1, -0.05) is 17.7 Å². The van der Waals surface area contributed by atoms with E-state index in [0.29, 0.717) is 5.02 Å². The Morgan fingerprint density at radius 1 is 1.40 bits per heavy atom. The van der Waals surface area contributed by atoms with Crippen LogP contribution >= 0.6 is 34.5 Å². The molecule has 3 aromatic rings. The summed E-state index contributed by atoms with van der Waals surface area (Å²) < 4.78 is 2.12. The van der Waals surface area contributed by atoms with E-state index >= 15 is 0 Å². The number of aryl methyl sites for hydroxylation is 1. The van der Waals surface area contributed by atoms with E-state index in [-0.39, 0.29) is 5.38 Å². The smallest absolute Gasteiger partial charge is 0.128 e. The van der Waals surface area contributed by atoms with Crippen LogP contribution in [0.5, 0.6) is 0 Å². The van der Waals surface area contributed by atoms with Crippen molar-refractivity contribution in [1.82, 2.24) is 14.5 Å². The maximum absolute atomic E-state index is 6.27. The van der Waals surface area contributed by atoms with Crippen LogP contribution in [0.1, 0.15) is 28.7 Å². The van der Waals surface area contributed by atoms with Crippen molar-refractivity contribution >= 4 is 45.6 Å². The number of benzene rings is 1. The van der Waals surface area contributed by atoms with Crippen molar-refractivity contribution in [3.05, 3.63) is 45.1 Å². The van der Waals surface area contributed by atoms with Gasteiger partial charge >= 0.3 is 0 Å². The Morgan fingerprint density at radius 3 is 2.85 bits per heavy atom. The van der Waals surface area contributed by atoms with Gasteiger partial charge < -0.3 is 4.57 Å². The molecule has 0 aliphatic rings. The van der Waals surface area contributed by atoms with Crippen LogP contribution in [0.4, 0.5) is 0 Å². The first-order valence-corrected chi connectivity index (χ1v) is 7.95. The zero-order valence-corrected chi connectivity index (χ0v) is 13.4. The molecule has 0 N–H and O–H groups in total. The van der Waals surface area contributed by atoms with Gasteiger partial charge in [0.15, 0.2) is 0 Å². The minimum Gasteiger partial charge on any atom is -0.321 e. The van der Waals surface area contributed by atoms with Crippen LogP contribution in [0.15, 0.2) is 23.7 Å². The quantitative estimate of drug-likeness (QED) is 0.647. The number of fused-ring (bicyclic) bond motifs is 1. The van der Waals surface area contributed by atoms with E-state index in [9.17, 15) is 0 Å². The molecule has 3 nitrogen and oxygen atoms in total. The molecule has 0 aliphatic carbocycles. The lowest BCUT2D eigenvalue weighted by Gasteiger charge is -2.09. The lowest BCUT2D eigenvalue weighted by molar-refractivity contribution is 0.746. The topological polar surface area (TPSA) is 30.7 Å². The van der Waals surface area contributed by atoms with Gasteiger partial charge in [-0.3, -0.25) is 0 Å². The molecule has 104 valence electrons. The van der Waals surface area contributed by atoms with Crippen LogP contribution in [-0.4, -0.2) is 14.5 Å². The zero-order chi connectivity index (χ0) is 14.3. The van der Waals surface area contributed by atoms with E-state index in [0.717, 1.165) is 29.1 Å². The van der Waals surface area contributed by atoms with E-state index in [1.807, 2.05) is 37.6 Å². The van der Waals surface area contributed by atoms with Crippen molar-refractivity contribution < 1.29 is 0 Å². The second-order valence-electron chi connectivity index (χ2n) is 4.64. The van der Waals surface area contributed by atoms with Crippen molar-refractivity contribution in [3.63, 3.8) is 0 Å². The summed E-state index contributed by atoms with van der Waals surface area (Å²) in [5, 5.41) is 0.479. The predicted octanol–water partition coefficient (Wildman–Crippen LogP) is 4.80. The molecule has 0 saturated heterocycles. The third-order valence-corrected chi connectivity index (χ3v) is 4.68. The molecular formula is C14H13Cl2N3S. The molecule has 0 fully saturated rings. The highest BCUT2D eigenvalue weighted by Gasteiger charge is 2.17. The van der Waals surface area contributed by atoms with Gasteiger partial charge in [-0.05, 0) is 26.0 Å². The molecule has 6 heteroatoms. The summed E-state index contributed by atoms with van der Waals surface area (Å²) in [5.74, 6) is 0.836. The fourth-order valence-corrected chi connectivity index (χ4v) is 3.37. The normalized spacial score (nSPS) is 13.0. The lowest BCUT2D eigenvalue weighted by Crippen LogP contribution is -2.05. The molecule has 0 amide bonds. The number of para-hydroxylation sites is 1. The number of rotatable bonds is 3. The number of hydrogen-bond acceptors (Lipinski definition) is 3. The van der Waals surface area contributed by atoms with E-state index < -0.39 is 0 Å². The first kappa shape index (κ1) is 13.9. The second-order valence-corrected chi connectivity index (χ2v) is 6.64. The maximum Gasteiger partial charge on any atom is 0.128 e. The summed E-state index contributed by atoms with van der Waals surface area (Å²) >= 11 is 14.2. The molecule has 0 spiro atoms. The van der Waals surface area contributed by atoms with E-state index in [2.05, 4.69) is 14.5 Å². The molecule has 1 aromatic carbocycles. The van der Waals surface area contributed by atoms with Crippen molar-refractivity contribution in [3.8, 4) is 0 Å². The minimum absolute atomic E-state index is 0.174. The largest absolute Gasteiger partial charge is 0.321 e. The summed E-state index contributed by atoms with van der Waals surface area (Å²) in [6.07, 6.45) is 0. The molecule has 2 aromatic heterocycles. The lowest BCUT2D eigenvalue weighted by atomic mass is 10.3. The molecule has 3 rings (SSSR count). The van der Waals surface area contributed by atoms with Gasteiger partial charge in [0.25, 0.3) is 0 Å². The van der Waals surface area contributed by atoms with Crippen LogP contribution in [-0.2, 0) is 6.54 Å². The summed E-state index contributed by atoms with van der Waals surface area (Å²) in [6, 6.07) is 5.81. The average Bonchev–Trinajstić information content (AvgIpc) is 2.96. The van der Waals surface area contributed by atoms with Gasteiger partial charge in [-0.2, -0.15) is 0 Å². The van der Waals surface area contributed by atoms with Gasteiger partial charge in [0.05, 0.1) is 33.7 Å². The van der Waals surface area contributed by atoms with E-state index in [4.69, 9.17) is 23.2 Å². The number of imidazole rings is 1. The highest BCUT2D eigenvalue weighted by molar-refractivity contribution is 7.09. The fraction of sp³-hybridized carbons (Fsp3) is 0.286. The van der Waals surface area contributed by atoms with Crippen LogP contribution in [0.2, 0.25) is 5.02 Å². The summed E-state index contributed by atoms with van der Waals surface area (Å²) in [7, 11) is 0. The van der Waals surface area contributed by atoms with Crippen molar-refractivity contribution in [2.45, 2.75) is 25.8 Å². The minimum atomic E-state index is -0.174. The van der Waals surface area contributed by atoms with Gasteiger partial charge in [0, 0.05) is 4.88 Å². The number of hydrogen-bond donors (Lipinski definition) is 0. The number of alkyl halides is 1. The molecule has 2 heterocycles. The molecule has 1 atom stereocenters.